The molecule has 15 heavy (non-hydrogen) atoms. The molecule has 82 valence electrons. The fourth-order valence-corrected chi connectivity index (χ4v) is 1.93. The lowest BCUT2D eigenvalue weighted by Crippen LogP contribution is -2.10. The smallest absolute Gasteiger partial charge is 0.122 e. The van der Waals surface area contributed by atoms with Crippen molar-refractivity contribution in [3.05, 3.63) is 29.8 Å². The third kappa shape index (κ3) is 2.72. The molecule has 0 aliphatic heterocycles. The second kappa shape index (κ2) is 4.67. The standard InChI is InChI=1S/C13H18O2/c1-15-13-5-3-2-4-11(13)8-9-12(14)10-6-7-10/h2-5,10,12,14H,6-9H2,1H3/t12-/m1/s1. The predicted molar refractivity (Wildman–Crippen MR) is 60.0 cm³/mol. The summed E-state index contributed by atoms with van der Waals surface area (Å²) in [5, 5.41) is 9.77. The van der Waals surface area contributed by atoms with Crippen molar-refractivity contribution in [3.8, 4) is 5.75 Å². The van der Waals surface area contributed by atoms with E-state index in [1.165, 1.54) is 18.4 Å². The van der Waals surface area contributed by atoms with Gasteiger partial charge in [-0.2, -0.15) is 0 Å². The van der Waals surface area contributed by atoms with Crippen molar-refractivity contribution in [2.45, 2.75) is 31.8 Å². The molecule has 2 heteroatoms. The summed E-state index contributed by atoms with van der Waals surface area (Å²) in [4.78, 5) is 0. The zero-order valence-electron chi connectivity index (χ0n) is 9.15. The van der Waals surface area contributed by atoms with Crippen LogP contribution in [-0.2, 0) is 6.42 Å². The molecule has 1 aliphatic carbocycles. The summed E-state index contributed by atoms with van der Waals surface area (Å²) in [5.41, 5.74) is 1.19. The molecule has 1 N–H and O–H groups in total. The van der Waals surface area contributed by atoms with Crippen molar-refractivity contribution < 1.29 is 9.84 Å². The Kier molecular flexibility index (Phi) is 3.27. The molecule has 0 aromatic heterocycles. The number of methoxy groups -OCH3 is 1. The van der Waals surface area contributed by atoms with Gasteiger partial charge in [0, 0.05) is 0 Å². The monoisotopic (exact) mass is 206 g/mol. The van der Waals surface area contributed by atoms with Crippen LogP contribution in [0.25, 0.3) is 0 Å². The summed E-state index contributed by atoms with van der Waals surface area (Å²) in [5.74, 6) is 1.50. The van der Waals surface area contributed by atoms with Gasteiger partial charge >= 0.3 is 0 Å². The summed E-state index contributed by atoms with van der Waals surface area (Å²) in [6.45, 7) is 0. The molecule has 1 saturated carbocycles. The molecule has 2 rings (SSSR count). The minimum Gasteiger partial charge on any atom is -0.496 e. The maximum Gasteiger partial charge on any atom is 0.122 e. The Morgan fingerprint density at radius 1 is 1.40 bits per heavy atom. The van der Waals surface area contributed by atoms with Gasteiger partial charge in [-0.05, 0) is 43.2 Å². The Labute approximate surface area is 90.9 Å². The van der Waals surface area contributed by atoms with Crippen molar-refractivity contribution in [1.29, 1.82) is 0 Å². The third-order valence-corrected chi connectivity index (χ3v) is 3.07. The third-order valence-electron chi connectivity index (χ3n) is 3.07. The first-order valence-electron chi connectivity index (χ1n) is 5.61. The van der Waals surface area contributed by atoms with E-state index in [0.717, 1.165) is 18.6 Å². The Hall–Kier alpha value is -1.02. The summed E-state index contributed by atoms with van der Waals surface area (Å²) in [6, 6.07) is 8.03. The SMILES string of the molecule is COc1ccccc1CC[C@@H](O)C1CC1. The molecule has 1 aromatic carbocycles. The van der Waals surface area contributed by atoms with E-state index in [-0.39, 0.29) is 6.10 Å². The van der Waals surface area contributed by atoms with Crippen LogP contribution >= 0.6 is 0 Å². The van der Waals surface area contributed by atoms with Crippen LogP contribution in [0.4, 0.5) is 0 Å². The van der Waals surface area contributed by atoms with Crippen LogP contribution in [0.3, 0.4) is 0 Å². The van der Waals surface area contributed by atoms with Crippen molar-refractivity contribution in [2.75, 3.05) is 7.11 Å². The summed E-state index contributed by atoms with van der Waals surface area (Å²) in [7, 11) is 1.69. The van der Waals surface area contributed by atoms with E-state index in [2.05, 4.69) is 6.07 Å². The van der Waals surface area contributed by atoms with Gasteiger partial charge in [0.05, 0.1) is 13.2 Å². The topological polar surface area (TPSA) is 29.5 Å². The van der Waals surface area contributed by atoms with Gasteiger partial charge in [-0.1, -0.05) is 18.2 Å². The lowest BCUT2D eigenvalue weighted by molar-refractivity contribution is 0.141. The molecular weight excluding hydrogens is 188 g/mol. The summed E-state index contributed by atoms with van der Waals surface area (Å²) in [6.07, 6.45) is 4.04. The molecule has 0 bridgehead atoms. The molecule has 1 fully saturated rings. The molecule has 2 nitrogen and oxygen atoms in total. The lowest BCUT2D eigenvalue weighted by Gasteiger charge is -2.11. The predicted octanol–water partition coefficient (Wildman–Crippen LogP) is 2.40. The van der Waals surface area contributed by atoms with Crippen molar-refractivity contribution >= 4 is 0 Å². The average Bonchev–Trinajstić information content (AvgIpc) is 3.10. The lowest BCUT2D eigenvalue weighted by atomic mass is 10.0. The molecule has 0 radical (unpaired) electrons. The average molecular weight is 206 g/mol. The number of aliphatic hydroxyl groups is 1. The van der Waals surface area contributed by atoms with Gasteiger partial charge in [0.1, 0.15) is 5.75 Å². The first kappa shape index (κ1) is 10.5. The van der Waals surface area contributed by atoms with Gasteiger partial charge in [-0.25, -0.2) is 0 Å². The number of aliphatic hydroxyl groups excluding tert-OH is 1. The number of rotatable bonds is 5. The largest absolute Gasteiger partial charge is 0.496 e. The van der Waals surface area contributed by atoms with E-state index in [1.54, 1.807) is 7.11 Å². The van der Waals surface area contributed by atoms with E-state index in [1.807, 2.05) is 18.2 Å². The maximum atomic E-state index is 9.77. The van der Waals surface area contributed by atoms with Gasteiger partial charge in [0.2, 0.25) is 0 Å². The molecular formula is C13H18O2. The van der Waals surface area contributed by atoms with Gasteiger partial charge in [0.25, 0.3) is 0 Å². The zero-order valence-corrected chi connectivity index (χ0v) is 9.15. The molecule has 1 aliphatic rings. The van der Waals surface area contributed by atoms with E-state index >= 15 is 0 Å². The second-order valence-electron chi connectivity index (χ2n) is 4.26. The zero-order chi connectivity index (χ0) is 10.7. The maximum absolute atomic E-state index is 9.77. The Balaban J connectivity index is 1.91. The second-order valence-corrected chi connectivity index (χ2v) is 4.26. The van der Waals surface area contributed by atoms with E-state index in [0.29, 0.717) is 5.92 Å². The van der Waals surface area contributed by atoms with E-state index in [4.69, 9.17) is 4.74 Å². The van der Waals surface area contributed by atoms with Crippen LogP contribution in [0.15, 0.2) is 24.3 Å². The number of hydrogen-bond donors (Lipinski definition) is 1. The van der Waals surface area contributed by atoms with Gasteiger partial charge in [-0.3, -0.25) is 0 Å². The quantitative estimate of drug-likeness (QED) is 0.801. The highest BCUT2D eigenvalue weighted by molar-refractivity contribution is 5.33. The molecule has 0 unspecified atom stereocenters. The Morgan fingerprint density at radius 2 is 2.13 bits per heavy atom. The highest BCUT2D eigenvalue weighted by Gasteiger charge is 2.29. The van der Waals surface area contributed by atoms with Crippen LogP contribution < -0.4 is 4.74 Å². The Morgan fingerprint density at radius 3 is 2.80 bits per heavy atom. The van der Waals surface area contributed by atoms with Crippen LogP contribution in [0.2, 0.25) is 0 Å². The first-order chi connectivity index (χ1) is 7.31. The molecule has 0 saturated heterocycles. The van der Waals surface area contributed by atoms with E-state index in [9.17, 15) is 5.11 Å². The van der Waals surface area contributed by atoms with Crippen LogP contribution in [0, 0.1) is 5.92 Å². The molecule has 0 amide bonds. The van der Waals surface area contributed by atoms with Crippen LogP contribution in [0.1, 0.15) is 24.8 Å². The van der Waals surface area contributed by atoms with Gasteiger partial charge in [-0.15, -0.1) is 0 Å². The highest BCUT2D eigenvalue weighted by Crippen LogP contribution is 2.34. The van der Waals surface area contributed by atoms with Gasteiger partial charge < -0.3 is 9.84 Å². The molecule has 0 spiro atoms. The molecule has 1 atom stereocenters. The number of hydrogen-bond acceptors (Lipinski definition) is 2. The number of para-hydroxylation sites is 1. The van der Waals surface area contributed by atoms with Crippen molar-refractivity contribution in [3.63, 3.8) is 0 Å². The fraction of sp³-hybridized carbons (Fsp3) is 0.538. The highest BCUT2D eigenvalue weighted by atomic mass is 16.5. The summed E-state index contributed by atoms with van der Waals surface area (Å²) >= 11 is 0. The summed E-state index contributed by atoms with van der Waals surface area (Å²) < 4.78 is 5.27. The first-order valence-corrected chi connectivity index (χ1v) is 5.61. The van der Waals surface area contributed by atoms with Crippen molar-refractivity contribution in [2.24, 2.45) is 5.92 Å². The normalized spacial score (nSPS) is 17.5. The van der Waals surface area contributed by atoms with Crippen LogP contribution in [0.5, 0.6) is 5.75 Å². The fourth-order valence-electron chi connectivity index (χ4n) is 1.93. The van der Waals surface area contributed by atoms with Gasteiger partial charge in [0.15, 0.2) is 0 Å². The van der Waals surface area contributed by atoms with E-state index < -0.39 is 0 Å². The number of benzene rings is 1. The minimum absolute atomic E-state index is 0.116. The molecule has 0 heterocycles. The number of aryl methyl sites for hydroxylation is 1. The van der Waals surface area contributed by atoms with Crippen LogP contribution in [-0.4, -0.2) is 18.3 Å². The minimum atomic E-state index is -0.116. The van der Waals surface area contributed by atoms with Crippen molar-refractivity contribution in [1.82, 2.24) is 0 Å². The number of ether oxygens (including phenoxy) is 1. The Bertz CT molecular complexity index is 318. The molecule has 1 aromatic rings.